The summed E-state index contributed by atoms with van der Waals surface area (Å²) in [5.41, 5.74) is 3.16. The fraction of sp³-hybridized carbons (Fsp3) is 0. The van der Waals surface area contributed by atoms with Gasteiger partial charge in [0, 0.05) is 6.21 Å². The average Bonchev–Trinajstić information content (AvgIpc) is 3.21. The van der Waals surface area contributed by atoms with Gasteiger partial charge in [-0.15, -0.1) is 0 Å². The maximum atomic E-state index is 13.2. The SMILES string of the molecule is Fc1cccc(/C=N/c2ccc3[nH]c(-c4ccco4)nc3c2)c1. The number of H-pyrrole nitrogens is 1. The lowest BCUT2D eigenvalue weighted by molar-refractivity contribution is 0.578. The first-order valence-corrected chi connectivity index (χ1v) is 7.11. The molecule has 0 amide bonds. The highest BCUT2D eigenvalue weighted by Gasteiger charge is 2.07. The van der Waals surface area contributed by atoms with Gasteiger partial charge in [-0.3, -0.25) is 4.99 Å². The van der Waals surface area contributed by atoms with E-state index in [0.717, 1.165) is 16.7 Å². The molecule has 0 radical (unpaired) electrons. The molecule has 0 aliphatic heterocycles. The number of aromatic nitrogens is 2. The van der Waals surface area contributed by atoms with E-state index in [0.29, 0.717) is 17.1 Å². The van der Waals surface area contributed by atoms with E-state index in [1.165, 1.54) is 12.1 Å². The Labute approximate surface area is 131 Å². The first kappa shape index (κ1) is 13.5. The Hall–Kier alpha value is -3.21. The van der Waals surface area contributed by atoms with Crippen LogP contribution < -0.4 is 0 Å². The third kappa shape index (κ3) is 2.76. The van der Waals surface area contributed by atoms with Crippen molar-refractivity contribution in [3.05, 3.63) is 72.2 Å². The molecule has 112 valence electrons. The zero-order valence-corrected chi connectivity index (χ0v) is 12.0. The van der Waals surface area contributed by atoms with Crippen LogP contribution in [0.5, 0.6) is 0 Å². The topological polar surface area (TPSA) is 54.2 Å². The van der Waals surface area contributed by atoms with Crippen LogP contribution in [0.15, 0.2) is 70.3 Å². The normalized spacial score (nSPS) is 11.5. The quantitative estimate of drug-likeness (QED) is 0.557. The fourth-order valence-electron chi connectivity index (χ4n) is 2.34. The number of rotatable bonds is 3. The molecule has 0 saturated heterocycles. The Balaban J connectivity index is 1.66. The fourth-order valence-corrected chi connectivity index (χ4v) is 2.34. The van der Waals surface area contributed by atoms with Crippen LogP contribution in [0.1, 0.15) is 5.56 Å². The molecule has 0 spiro atoms. The minimum absolute atomic E-state index is 0.278. The highest BCUT2D eigenvalue weighted by atomic mass is 19.1. The summed E-state index contributed by atoms with van der Waals surface area (Å²) in [7, 11) is 0. The van der Waals surface area contributed by atoms with Gasteiger partial charge in [0.25, 0.3) is 0 Å². The van der Waals surface area contributed by atoms with Crippen molar-refractivity contribution >= 4 is 22.9 Å². The third-order valence-corrected chi connectivity index (χ3v) is 3.43. The van der Waals surface area contributed by atoms with E-state index in [2.05, 4.69) is 15.0 Å². The Bertz CT molecular complexity index is 987. The number of halogens is 1. The third-order valence-electron chi connectivity index (χ3n) is 3.43. The lowest BCUT2D eigenvalue weighted by Crippen LogP contribution is -1.82. The molecule has 2 aromatic carbocycles. The van der Waals surface area contributed by atoms with Gasteiger partial charge in [-0.2, -0.15) is 0 Å². The van der Waals surface area contributed by atoms with Crippen LogP contribution in [-0.2, 0) is 0 Å². The molecule has 0 unspecified atom stereocenters. The monoisotopic (exact) mass is 305 g/mol. The van der Waals surface area contributed by atoms with Gasteiger partial charge >= 0.3 is 0 Å². The minimum Gasteiger partial charge on any atom is -0.461 e. The number of nitrogens with one attached hydrogen (secondary N) is 1. The van der Waals surface area contributed by atoms with Crippen molar-refractivity contribution in [2.24, 2.45) is 4.99 Å². The molecular weight excluding hydrogens is 293 g/mol. The molecule has 1 N–H and O–H groups in total. The lowest BCUT2D eigenvalue weighted by Gasteiger charge is -1.95. The number of fused-ring (bicyclic) bond motifs is 1. The maximum absolute atomic E-state index is 13.2. The predicted octanol–water partition coefficient (Wildman–Crippen LogP) is 4.71. The van der Waals surface area contributed by atoms with Crippen molar-refractivity contribution in [3.63, 3.8) is 0 Å². The summed E-state index contributed by atoms with van der Waals surface area (Å²) < 4.78 is 18.5. The summed E-state index contributed by atoms with van der Waals surface area (Å²) in [4.78, 5) is 12.1. The second-order valence-corrected chi connectivity index (χ2v) is 5.08. The van der Waals surface area contributed by atoms with Crippen molar-refractivity contribution in [3.8, 4) is 11.6 Å². The molecule has 0 aliphatic carbocycles. The number of aliphatic imine (C=N–C) groups is 1. The number of aromatic amines is 1. The zero-order valence-electron chi connectivity index (χ0n) is 12.0. The van der Waals surface area contributed by atoms with Crippen LogP contribution in [-0.4, -0.2) is 16.2 Å². The minimum atomic E-state index is -0.278. The van der Waals surface area contributed by atoms with Crippen LogP contribution in [0, 0.1) is 5.82 Å². The van der Waals surface area contributed by atoms with Gasteiger partial charge in [-0.25, -0.2) is 9.37 Å². The van der Waals surface area contributed by atoms with Gasteiger partial charge in [0.1, 0.15) is 5.82 Å². The van der Waals surface area contributed by atoms with Gasteiger partial charge in [-0.05, 0) is 48.0 Å². The van der Waals surface area contributed by atoms with Crippen molar-refractivity contribution < 1.29 is 8.81 Å². The van der Waals surface area contributed by atoms with Crippen molar-refractivity contribution in [1.82, 2.24) is 9.97 Å². The van der Waals surface area contributed by atoms with Gasteiger partial charge in [0.05, 0.1) is 23.0 Å². The summed E-state index contributed by atoms with van der Waals surface area (Å²) in [5, 5.41) is 0. The first-order valence-electron chi connectivity index (χ1n) is 7.11. The Morgan fingerprint density at radius 1 is 1.09 bits per heavy atom. The van der Waals surface area contributed by atoms with Gasteiger partial charge < -0.3 is 9.40 Å². The largest absolute Gasteiger partial charge is 0.461 e. The molecule has 4 rings (SSSR count). The van der Waals surface area contributed by atoms with Crippen molar-refractivity contribution in [1.29, 1.82) is 0 Å². The molecular formula is C18H12FN3O. The van der Waals surface area contributed by atoms with Crippen LogP contribution in [0.2, 0.25) is 0 Å². The molecule has 5 heteroatoms. The average molecular weight is 305 g/mol. The molecule has 4 nitrogen and oxygen atoms in total. The van der Waals surface area contributed by atoms with Crippen LogP contribution in [0.3, 0.4) is 0 Å². The smallest absolute Gasteiger partial charge is 0.174 e. The zero-order chi connectivity index (χ0) is 15.6. The molecule has 0 aliphatic rings. The molecule has 0 saturated carbocycles. The lowest BCUT2D eigenvalue weighted by atomic mass is 10.2. The summed E-state index contributed by atoms with van der Waals surface area (Å²) in [6, 6.07) is 15.6. The molecule has 23 heavy (non-hydrogen) atoms. The molecule has 0 fully saturated rings. The number of nitrogens with zero attached hydrogens (tertiary/aromatic N) is 2. The predicted molar refractivity (Wildman–Crippen MR) is 87.4 cm³/mol. The van der Waals surface area contributed by atoms with Crippen LogP contribution in [0.4, 0.5) is 10.1 Å². The van der Waals surface area contributed by atoms with E-state index < -0.39 is 0 Å². The summed E-state index contributed by atoms with van der Waals surface area (Å²) in [6.45, 7) is 0. The van der Waals surface area contributed by atoms with E-state index in [4.69, 9.17) is 4.42 Å². The van der Waals surface area contributed by atoms with E-state index in [-0.39, 0.29) is 5.82 Å². The standard InChI is InChI=1S/C18H12FN3O/c19-13-4-1-3-12(9-13)11-20-14-6-7-15-16(10-14)22-18(21-15)17-5-2-8-23-17/h1-11H,(H,21,22)/b20-11+. The Morgan fingerprint density at radius 2 is 2.04 bits per heavy atom. The second kappa shape index (κ2) is 5.53. The van der Waals surface area contributed by atoms with Gasteiger partial charge in [-0.1, -0.05) is 12.1 Å². The van der Waals surface area contributed by atoms with E-state index >= 15 is 0 Å². The van der Waals surface area contributed by atoms with Crippen LogP contribution >= 0.6 is 0 Å². The van der Waals surface area contributed by atoms with Crippen molar-refractivity contribution in [2.75, 3.05) is 0 Å². The number of hydrogen-bond acceptors (Lipinski definition) is 3. The highest BCUT2D eigenvalue weighted by Crippen LogP contribution is 2.24. The van der Waals surface area contributed by atoms with Gasteiger partial charge in [0.2, 0.25) is 0 Å². The first-order chi connectivity index (χ1) is 11.3. The number of benzene rings is 2. The summed E-state index contributed by atoms with van der Waals surface area (Å²) in [6.07, 6.45) is 3.24. The molecule has 2 heterocycles. The van der Waals surface area contributed by atoms with Crippen LogP contribution in [0.25, 0.3) is 22.6 Å². The Morgan fingerprint density at radius 3 is 2.87 bits per heavy atom. The summed E-state index contributed by atoms with van der Waals surface area (Å²) in [5.74, 6) is 1.09. The summed E-state index contributed by atoms with van der Waals surface area (Å²) >= 11 is 0. The second-order valence-electron chi connectivity index (χ2n) is 5.08. The van der Waals surface area contributed by atoms with Gasteiger partial charge in [0.15, 0.2) is 11.6 Å². The Kier molecular flexibility index (Phi) is 3.24. The van der Waals surface area contributed by atoms with Crippen molar-refractivity contribution in [2.45, 2.75) is 0 Å². The maximum Gasteiger partial charge on any atom is 0.174 e. The molecule has 0 atom stereocenters. The van der Waals surface area contributed by atoms with E-state index in [1.807, 2.05) is 30.3 Å². The molecule has 2 aromatic heterocycles. The van der Waals surface area contributed by atoms with E-state index in [1.54, 1.807) is 24.6 Å². The van der Waals surface area contributed by atoms with E-state index in [9.17, 15) is 4.39 Å². The molecule has 0 bridgehead atoms. The molecule has 4 aromatic rings. The number of furan rings is 1. The number of hydrogen-bond donors (Lipinski definition) is 1. The number of imidazole rings is 1. The highest BCUT2D eigenvalue weighted by molar-refractivity contribution is 5.85.